The zero-order chi connectivity index (χ0) is 14.4. The molecule has 0 amide bonds. The van der Waals surface area contributed by atoms with Crippen molar-refractivity contribution in [2.24, 2.45) is 0 Å². The third-order valence-electron chi connectivity index (χ3n) is 3.54. The first-order valence-electron chi connectivity index (χ1n) is 7.33. The van der Waals surface area contributed by atoms with Crippen LogP contribution in [0, 0.1) is 3.57 Å². The van der Waals surface area contributed by atoms with E-state index >= 15 is 0 Å². The zero-order valence-electron chi connectivity index (χ0n) is 12.2. The maximum absolute atomic E-state index is 3.68. The molecule has 1 N–H and O–H groups in total. The zero-order valence-corrected chi connectivity index (χ0v) is 14.4. The van der Waals surface area contributed by atoms with Crippen LogP contribution in [0.2, 0.25) is 0 Å². The monoisotopic (exact) mass is 379 g/mol. The standard InChI is InChI=1S/C18H22IN/c1-3-13-20-18(16-7-5-6-8-17(16)19)15-11-9-14(4-2)10-12-15/h5-12,18,20H,3-4,13H2,1-2H3. The summed E-state index contributed by atoms with van der Waals surface area (Å²) in [5, 5.41) is 3.68. The van der Waals surface area contributed by atoms with Gasteiger partial charge in [0.1, 0.15) is 0 Å². The van der Waals surface area contributed by atoms with E-state index in [4.69, 9.17) is 0 Å². The van der Waals surface area contributed by atoms with Crippen LogP contribution in [-0.4, -0.2) is 6.54 Å². The van der Waals surface area contributed by atoms with Gasteiger partial charge in [0.15, 0.2) is 0 Å². The molecular formula is C18H22IN. The van der Waals surface area contributed by atoms with Crippen molar-refractivity contribution in [3.63, 3.8) is 0 Å². The predicted octanol–water partition coefficient (Wildman–Crippen LogP) is 4.94. The Morgan fingerprint density at radius 3 is 2.30 bits per heavy atom. The van der Waals surface area contributed by atoms with Gasteiger partial charge in [-0.05, 0) is 64.7 Å². The second-order valence-electron chi connectivity index (χ2n) is 5.00. The molecule has 0 heterocycles. The first-order valence-corrected chi connectivity index (χ1v) is 8.40. The highest BCUT2D eigenvalue weighted by Crippen LogP contribution is 2.26. The van der Waals surface area contributed by atoms with Gasteiger partial charge in [0.2, 0.25) is 0 Å². The molecule has 0 aliphatic rings. The summed E-state index contributed by atoms with van der Waals surface area (Å²) in [5.41, 5.74) is 4.11. The average molecular weight is 379 g/mol. The van der Waals surface area contributed by atoms with Gasteiger partial charge in [0.05, 0.1) is 6.04 Å². The normalized spacial score (nSPS) is 12.3. The molecule has 2 heteroatoms. The number of hydrogen-bond donors (Lipinski definition) is 1. The van der Waals surface area contributed by atoms with Crippen LogP contribution < -0.4 is 5.32 Å². The van der Waals surface area contributed by atoms with E-state index in [0.29, 0.717) is 0 Å². The maximum Gasteiger partial charge on any atom is 0.0587 e. The van der Waals surface area contributed by atoms with Crippen LogP contribution >= 0.6 is 22.6 Å². The lowest BCUT2D eigenvalue weighted by Crippen LogP contribution is -2.24. The van der Waals surface area contributed by atoms with Gasteiger partial charge in [-0.2, -0.15) is 0 Å². The van der Waals surface area contributed by atoms with Gasteiger partial charge in [-0.25, -0.2) is 0 Å². The van der Waals surface area contributed by atoms with E-state index in [-0.39, 0.29) is 6.04 Å². The highest BCUT2D eigenvalue weighted by atomic mass is 127. The highest BCUT2D eigenvalue weighted by molar-refractivity contribution is 14.1. The molecule has 0 bridgehead atoms. The average Bonchev–Trinajstić information content (AvgIpc) is 2.50. The van der Waals surface area contributed by atoms with E-state index in [2.05, 4.69) is 90.3 Å². The van der Waals surface area contributed by atoms with Gasteiger partial charge in [0.25, 0.3) is 0 Å². The number of hydrogen-bond acceptors (Lipinski definition) is 1. The molecule has 20 heavy (non-hydrogen) atoms. The van der Waals surface area contributed by atoms with E-state index in [9.17, 15) is 0 Å². The van der Waals surface area contributed by atoms with Crippen molar-refractivity contribution in [2.45, 2.75) is 32.7 Å². The summed E-state index contributed by atoms with van der Waals surface area (Å²) < 4.78 is 1.32. The fourth-order valence-corrected chi connectivity index (χ4v) is 3.05. The molecule has 1 unspecified atom stereocenters. The van der Waals surface area contributed by atoms with Crippen LogP contribution in [0.25, 0.3) is 0 Å². The van der Waals surface area contributed by atoms with Crippen molar-refractivity contribution >= 4 is 22.6 Å². The van der Waals surface area contributed by atoms with Crippen molar-refractivity contribution in [3.05, 3.63) is 68.8 Å². The van der Waals surface area contributed by atoms with Gasteiger partial charge in [-0.1, -0.05) is 56.3 Å². The molecule has 0 fully saturated rings. The van der Waals surface area contributed by atoms with E-state index in [1.54, 1.807) is 0 Å². The lowest BCUT2D eigenvalue weighted by molar-refractivity contribution is 0.596. The number of benzene rings is 2. The summed E-state index contributed by atoms with van der Waals surface area (Å²) in [4.78, 5) is 0. The van der Waals surface area contributed by atoms with Crippen LogP contribution in [0.15, 0.2) is 48.5 Å². The van der Waals surface area contributed by atoms with Crippen LogP contribution in [0.4, 0.5) is 0 Å². The largest absolute Gasteiger partial charge is 0.306 e. The summed E-state index contributed by atoms with van der Waals surface area (Å²) in [6.07, 6.45) is 2.24. The molecule has 106 valence electrons. The molecule has 0 saturated heterocycles. The lowest BCUT2D eigenvalue weighted by atomic mass is 9.97. The fraction of sp³-hybridized carbons (Fsp3) is 0.333. The molecule has 0 aliphatic heterocycles. The van der Waals surface area contributed by atoms with Crippen LogP contribution in [0.1, 0.15) is 43.0 Å². The van der Waals surface area contributed by atoms with Gasteiger partial charge < -0.3 is 5.32 Å². The third kappa shape index (κ3) is 3.83. The predicted molar refractivity (Wildman–Crippen MR) is 95.1 cm³/mol. The second kappa shape index (κ2) is 7.79. The Hall–Kier alpha value is -0.870. The SMILES string of the molecule is CCCNC(c1ccc(CC)cc1)c1ccccc1I. The minimum absolute atomic E-state index is 0.286. The van der Waals surface area contributed by atoms with Crippen molar-refractivity contribution < 1.29 is 0 Å². The van der Waals surface area contributed by atoms with Crippen LogP contribution in [0.5, 0.6) is 0 Å². The number of aryl methyl sites for hydroxylation is 1. The van der Waals surface area contributed by atoms with Crippen molar-refractivity contribution in [1.82, 2.24) is 5.32 Å². The van der Waals surface area contributed by atoms with Gasteiger partial charge >= 0.3 is 0 Å². The molecule has 2 rings (SSSR count). The Morgan fingerprint density at radius 2 is 1.70 bits per heavy atom. The molecule has 0 radical (unpaired) electrons. The summed E-state index contributed by atoms with van der Waals surface area (Å²) in [6.45, 7) is 5.44. The number of nitrogens with one attached hydrogen (secondary N) is 1. The van der Waals surface area contributed by atoms with E-state index in [1.165, 1.54) is 20.3 Å². The molecule has 1 nitrogen and oxygen atoms in total. The summed E-state index contributed by atoms with van der Waals surface area (Å²) in [7, 11) is 0. The van der Waals surface area contributed by atoms with Crippen LogP contribution in [-0.2, 0) is 6.42 Å². The lowest BCUT2D eigenvalue weighted by Gasteiger charge is -2.21. The third-order valence-corrected chi connectivity index (χ3v) is 4.52. The van der Waals surface area contributed by atoms with Crippen molar-refractivity contribution in [3.8, 4) is 0 Å². The molecule has 0 aliphatic carbocycles. The Morgan fingerprint density at radius 1 is 1.00 bits per heavy atom. The topological polar surface area (TPSA) is 12.0 Å². The van der Waals surface area contributed by atoms with Crippen molar-refractivity contribution in [1.29, 1.82) is 0 Å². The Bertz CT molecular complexity index is 533. The van der Waals surface area contributed by atoms with Crippen LogP contribution in [0.3, 0.4) is 0 Å². The first-order chi connectivity index (χ1) is 9.76. The minimum Gasteiger partial charge on any atom is -0.306 e. The summed E-state index contributed by atoms with van der Waals surface area (Å²) in [5.74, 6) is 0. The van der Waals surface area contributed by atoms with Gasteiger partial charge in [0, 0.05) is 3.57 Å². The Kier molecular flexibility index (Phi) is 6.05. The second-order valence-corrected chi connectivity index (χ2v) is 6.17. The quantitative estimate of drug-likeness (QED) is 0.701. The summed E-state index contributed by atoms with van der Waals surface area (Å²) >= 11 is 2.43. The molecular weight excluding hydrogens is 357 g/mol. The van der Waals surface area contributed by atoms with Crippen molar-refractivity contribution in [2.75, 3.05) is 6.54 Å². The number of halogens is 1. The minimum atomic E-state index is 0.286. The van der Waals surface area contributed by atoms with E-state index in [1.807, 2.05) is 0 Å². The maximum atomic E-state index is 3.68. The molecule has 0 aromatic heterocycles. The Labute approximate surface area is 135 Å². The number of rotatable bonds is 6. The first kappa shape index (κ1) is 15.5. The van der Waals surface area contributed by atoms with Gasteiger partial charge in [-0.3, -0.25) is 0 Å². The highest BCUT2D eigenvalue weighted by Gasteiger charge is 2.15. The smallest absolute Gasteiger partial charge is 0.0587 e. The molecule has 1 atom stereocenters. The van der Waals surface area contributed by atoms with E-state index < -0.39 is 0 Å². The molecule has 0 spiro atoms. The van der Waals surface area contributed by atoms with E-state index in [0.717, 1.165) is 19.4 Å². The molecule has 2 aromatic rings. The van der Waals surface area contributed by atoms with Gasteiger partial charge in [-0.15, -0.1) is 0 Å². The molecule has 0 saturated carbocycles. The Balaban J connectivity index is 2.33. The molecule has 2 aromatic carbocycles. The summed E-state index contributed by atoms with van der Waals surface area (Å²) in [6, 6.07) is 17.9. The fourth-order valence-electron chi connectivity index (χ4n) is 2.35.